The first-order valence-corrected chi connectivity index (χ1v) is 8.48. The molecule has 1 aliphatic rings. The number of carboxylic acid groups (broad SMARTS) is 1. The molecule has 1 heterocycles. The Labute approximate surface area is 129 Å². The number of carbonyl (C=O) groups excluding carboxylic acids is 1. The van der Waals surface area contributed by atoms with E-state index in [1.54, 1.807) is 0 Å². The number of benzene rings is 1. The van der Waals surface area contributed by atoms with E-state index in [-0.39, 0.29) is 18.4 Å². The number of hydrogen-bond acceptors (Lipinski definition) is 3. The average Bonchev–Trinajstić information content (AvgIpc) is 2.52. The van der Waals surface area contributed by atoms with Crippen LogP contribution in [0.15, 0.2) is 30.3 Å². The van der Waals surface area contributed by atoms with Gasteiger partial charge in [-0.25, -0.2) is 0 Å². The van der Waals surface area contributed by atoms with Gasteiger partial charge in [0.25, 0.3) is 0 Å². The van der Waals surface area contributed by atoms with Crippen molar-refractivity contribution in [1.82, 2.24) is 4.90 Å². The zero-order valence-corrected chi connectivity index (χ0v) is 12.8. The SMILES string of the molecule is O=C(O)CCCCC(=O)N1CCSCC1c1ccccc1. The molecule has 1 aliphatic heterocycles. The predicted octanol–water partition coefficient (Wildman–Crippen LogP) is 2.95. The Morgan fingerprint density at radius 2 is 1.90 bits per heavy atom. The fourth-order valence-electron chi connectivity index (χ4n) is 2.55. The molecule has 0 saturated carbocycles. The number of amides is 1. The lowest BCUT2D eigenvalue weighted by atomic mass is 10.1. The molecule has 0 aromatic heterocycles. The molecule has 1 atom stereocenters. The van der Waals surface area contributed by atoms with Gasteiger partial charge in [-0.2, -0.15) is 11.8 Å². The molecule has 0 radical (unpaired) electrons. The normalized spacial score (nSPS) is 18.5. The van der Waals surface area contributed by atoms with Gasteiger partial charge >= 0.3 is 5.97 Å². The Morgan fingerprint density at radius 1 is 1.19 bits per heavy atom. The second-order valence-electron chi connectivity index (χ2n) is 5.19. The van der Waals surface area contributed by atoms with Crippen LogP contribution in [0.25, 0.3) is 0 Å². The van der Waals surface area contributed by atoms with Crippen molar-refractivity contribution in [2.75, 3.05) is 18.1 Å². The van der Waals surface area contributed by atoms with Crippen molar-refractivity contribution in [3.05, 3.63) is 35.9 Å². The number of hydrogen-bond donors (Lipinski definition) is 1. The van der Waals surface area contributed by atoms with Gasteiger partial charge in [-0.05, 0) is 18.4 Å². The highest BCUT2D eigenvalue weighted by Gasteiger charge is 2.27. The Balaban J connectivity index is 1.92. The van der Waals surface area contributed by atoms with Crippen LogP contribution < -0.4 is 0 Å². The Morgan fingerprint density at radius 3 is 2.62 bits per heavy atom. The van der Waals surface area contributed by atoms with Gasteiger partial charge in [-0.1, -0.05) is 30.3 Å². The maximum atomic E-state index is 12.4. The molecule has 2 rings (SSSR count). The fraction of sp³-hybridized carbons (Fsp3) is 0.500. The van der Waals surface area contributed by atoms with Gasteiger partial charge in [0.2, 0.25) is 5.91 Å². The van der Waals surface area contributed by atoms with Gasteiger partial charge < -0.3 is 10.0 Å². The summed E-state index contributed by atoms with van der Waals surface area (Å²) in [5.41, 5.74) is 1.18. The molecule has 1 amide bonds. The molecule has 1 N–H and O–H groups in total. The quantitative estimate of drug-likeness (QED) is 0.821. The third kappa shape index (κ3) is 4.77. The molecule has 4 nitrogen and oxygen atoms in total. The van der Waals surface area contributed by atoms with E-state index in [0.717, 1.165) is 18.1 Å². The Hall–Kier alpha value is -1.49. The number of rotatable bonds is 6. The van der Waals surface area contributed by atoms with Crippen LogP contribution in [0.4, 0.5) is 0 Å². The maximum Gasteiger partial charge on any atom is 0.303 e. The van der Waals surface area contributed by atoms with E-state index in [4.69, 9.17) is 5.11 Å². The van der Waals surface area contributed by atoms with E-state index < -0.39 is 5.97 Å². The van der Waals surface area contributed by atoms with E-state index in [1.165, 1.54) is 5.56 Å². The van der Waals surface area contributed by atoms with Crippen LogP contribution >= 0.6 is 11.8 Å². The number of thioether (sulfide) groups is 1. The van der Waals surface area contributed by atoms with E-state index in [0.29, 0.717) is 19.3 Å². The fourth-order valence-corrected chi connectivity index (χ4v) is 3.64. The summed E-state index contributed by atoms with van der Waals surface area (Å²) in [6.45, 7) is 0.780. The molecule has 21 heavy (non-hydrogen) atoms. The minimum atomic E-state index is -0.793. The largest absolute Gasteiger partial charge is 0.481 e. The van der Waals surface area contributed by atoms with Crippen molar-refractivity contribution in [1.29, 1.82) is 0 Å². The zero-order chi connectivity index (χ0) is 15.1. The van der Waals surface area contributed by atoms with Gasteiger partial charge in [0.15, 0.2) is 0 Å². The van der Waals surface area contributed by atoms with Crippen molar-refractivity contribution in [3.8, 4) is 0 Å². The molecule has 1 saturated heterocycles. The molecule has 1 aromatic carbocycles. The first-order valence-electron chi connectivity index (χ1n) is 7.32. The lowest BCUT2D eigenvalue weighted by molar-refractivity contribution is -0.138. The minimum absolute atomic E-state index is 0.144. The Kier molecular flexibility index (Phi) is 6.11. The molecule has 0 aliphatic carbocycles. The third-order valence-electron chi connectivity index (χ3n) is 3.66. The van der Waals surface area contributed by atoms with Crippen molar-refractivity contribution in [2.45, 2.75) is 31.7 Å². The summed E-state index contributed by atoms with van der Waals surface area (Å²) >= 11 is 1.88. The van der Waals surface area contributed by atoms with Crippen LogP contribution in [-0.4, -0.2) is 39.9 Å². The second kappa shape index (κ2) is 8.08. The van der Waals surface area contributed by atoms with Crippen LogP contribution in [0.1, 0.15) is 37.3 Å². The van der Waals surface area contributed by atoms with Crippen molar-refractivity contribution >= 4 is 23.6 Å². The smallest absolute Gasteiger partial charge is 0.303 e. The first-order chi connectivity index (χ1) is 10.2. The first kappa shape index (κ1) is 15.9. The van der Waals surface area contributed by atoms with Crippen LogP contribution in [0.2, 0.25) is 0 Å². The predicted molar refractivity (Wildman–Crippen MR) is 84.3 cm³/mol. The summed E-state index contributed by atoms with van der Waals surface area (Å²) in [5, 5.41) is 8.62. The maximum absolute atomic E-state index is 12.4. The molecule has 0 bridgehead atoms. The summed E-state index contributed by atoms with van der Waals surface area (Å²) in [6, 6.07) is 10.3. The van der Waals surface area contributed by atoms with Crippen molar-refractivity contribution < 1.29 is 14.7 Å². The topological polar surface area (TPSA) is 57.6 Å². The number of nitrogens with zero attached hydrogens (tertiary/aromatic N) is 1. The average molecular weight is 307 g/mol. The molecule has 1 aromatic rings. The number of unbranched alkanes of at least 4 members (excludes halogenated alkanes) is 1. The summed E-state index contributed by atoms with van der Waals surface area (Å²) in [4.78, 5) is 24.8. The lowest BCUT2D eigenvalue weighted by Crippen LogP contribution is -2.40. The monoisotopic (exact) mass is 307 g/mol. The van der Waals surface area contributed by atoms with E-state index in [2.05, 4.69) is 12.1 Å². The van der Waals surface area contributed by atoms with Crippen LogP contribution in [0.5, 0.6) is 0 Å². The number of carboxylic acids is 1. The van der Waals surface area contributed by atoms with Crippen LogP contribution in [0.3, 0.4) is 0 Å². The highest BCUT2D eigenvalue weighted by Crippen LogP contribution is 2.30. The number of carbonyl (C=O) groups is 2. The van der Waals surface area contributed by atoms with Gasteiger partial charge in [-0.3, -0.25) is 9.59 Å². The highest BCUT2D eigenvalue weighted by atomic mass is 32.2. The summed E-state index contributed by atoms with van der Waals surface area (Å²) < 4.78 is 0. The van der Waals surface area contributed by atoms with Crippen LogP contribution in [0, 0.1) is 0 Å². The lowest BCUT2D eigenvalue weighted by Gasteiger charge is -2.36. The van der Waals surface area contributed by atoms with Gasteiger partial charge in [0.05, 0.1) is 6.04 Å². The minimum Gasteiger partial charge on any atom is -0.481 e. The summed E-state index contributed by atoms with van der Waals surface area (Å²) in [7, 11) is 0. The van der Waals surface area contributed by atoms with E-state index in [9.17, 15) is 9.59 Å². The van der Waals surface area contributed by atoms with Gasteiger partial charge in [0, 0.05) is 30.9 Å². The molecule has 114 valence electrons. The van der Waals surface area contributed by atoms with Gasteiger partial charge in [0.1, 0.15) is 0 Å². The zero-order valence-electron chi connectivity index (χ0n) is 12.0. The summed E-state index contributed by atoms with van der Waals surface area (Å²) in [6.07, 6.45) is 1.81. The van der Waals surface area contributed by atoms with E-state index >= 15 is 0 Å². The third-order valence-corrected chi connectivity index (χ3v) is 4.69. The standard InChI is InChI=1S/C16H21NO3S/c18-15(8-4-5-9-16(19)20)17-10-11-21-12-14(17)13-6-2-1-3-7-13/h1-3,6-7,14H,4-5,8-12H2,(H,19,20). The number of aliphatic carboxylic acids is 1. The van der Waals surface area contributed by atoms with Crippen molar-refractivity contribution in [3.63, 3.8) is 0 Å². The molecule has 0 spiro atoms. The molecule has 5 heteroatoms. The van der Waals surface area contributed by atoms with Gasteiger partial charge in [-0.15, -0.1) is 0 Å². The summed E-state index contributed by atoms with van der Waals surface area (Å²) in [5.74, 6) is 1.27. The molecular formula is C16H21NO3S. The Bertz CT molecular complexity index is 478. The highest BCUT2D eigenvalue weighted by molar-refractivity contribution is 7.99. The second-order valence-corrected chi connectivity index (χ2v) is 6.34. The molecule has 1 unspecified atom stereocenters. The van der Waals surface area contributed by atoms with E-state index in [1.807, 2.05) is 34.9 Å². The van der Waals surface area contributed by atoms with Crippen molar-refractivity contribution in [2.24, 2.45) is 0 Å². The van der Waals surface area contributed by atoms with Crippen LogP contribution in [-0.2, 0) is 9.59 Å². The molecular weight excluding hydrogens is 286 g/mol. The molecule has 1 fully saturated rings.